The number of aromatic nitrogens is 1. The first kappa shape index (κ1) is 22.7. The molecule has 1 aromatic heterocycles. The van der Waals surface area contributed by atoms with Gasteiger partial charge in [0.05, 0.1) is 12.2 Å². The van der Waals surface area contributed by atoms with Crippen LogP contribution in [0.5, 0.6) is 11.5 Å². The van der Waals surface area contributed by atoms with Gasteiger partial charge in [0.1, 0.15) is 17.3 Å². The van der Waals surface area contributed by atoms with Crippen LogP contribution in [-0.2, 0) is 13.1 Å². The molecule has 2 N–H and O–H groups in total. The Morgan fingerprint density at radius 2 is 1.79 bits per heavy atom. The molecule has 0 radical (unpaired) electrons. The molecular formula is C22H27IN4O2. The van der Waals surface area contributed by atoms with Crippen molar-refractivity contribution in [2.24, 2.45) is 4.99 Å². The summed E-state index contributed by atoms with van der Waals surface area (Å²) in [4.78, 5) is 8.63. The first-order chi connectivity index (χ1) is 13.5. The van der Waals surface area contributed by atoms with Crippen molar-refractivity contribution >= 4 is 29.9 Å². The first-order valence-corrected chi connectivity index (χ1v) is 9.25. The van der Waals surface area contributed by atoms with Gasteiger partial charge in [-0.1, -0.05) is 30.3 Å². The minimum absolute atomic E-state index is 0. The molecule has 3 aromatic rings. The molecule has 0 unspecified atom stereocenters. The second kappa shape index (κ2) is 10.8. The number of halogens is 1. The summed E-state index contributed by atoms with van der Waals surface area (Å²) in [5.41, 5.74) is 3.10. The third kappa shape index (κ3) is 6.49. The molecule has 6 nitrogen and oxygen atoms in total. The fourth-order valence-electron chi connectivity index (χ4n) is 2.73. The van der Waals surface area contributed by atoms with E-state index in [1.165, 1.54) is 0 Å². The number of oxazole rings is 1. The number of para-hydroxylation sites is 1. The predicted octanol–water partition coefficient (Wildman–Crippen LogP) is 4.88. The van der Waals surface area contributed by atoms with Crippen LogP contribution < -0.4 is 15.4 Å². The highest BCUT2D eigenvalue weighted by molar-refractivity contribution is 14.0. The van der Waals surface area contributed by atoms with Gasteiger partial charge < -0.3 is 19.8 Å². The number of guanidine groups is 1. The van der Waals surface area contributed by atoms with Gasteiger partial charge in [-0.3, -0.25) is 4.99 Å². The van der Waals surface area contributed by atoms with E-state index in [1.807, 2.05) is 69.3 Å². The van der Waals surface area contributed by atoms with Crippen LogP contribution in [-0.4, -0.2) is 18.0 Å². The monoisotopic (exact) mass is 506 g/mol. The Labute approximate surface area is 188 Å². The van der Waals surface area contributed by atoms with Gasteiger partial charge in [0.15, 0.2) is 5.96 Å². The number of rotatable bonds is 6. The number of hydrogen-bond donors (Lipinski definition) is 2. The zero-order valence-corrected chi connectivity index (χ0v) is 19.5. The second-order valence-corrected chi connectivity index (χ2v) is 6.55. The van der Waals surface area contributed by atoms with E-state index >= 15 is 0 Å². The van der Waals surface area contributed by atoms with Crippen LogP contribution in [0.1, 0.15) is 28.5 Å². The zero-order chi connectivity index (χ0) is 19.9. The number of nitrogens with one attached hydrogen (secondary N) is 2. The van der Waals surface area contributed by atoms with Crippen molar-refractivity contribution < 1.29 is 9.15 Å². The summed E-state index contributed by atoms with van der Waals surface area (Å²) >= 11 is 0. The van der Waals surface area contributed by atoms with Crippen molar-refractivity contribution in [2.75, 3.05) is 7.05 Å². The van der Waals surface area contributed by atoms with E-state index < -0.39 is 0 Å². The van der Waals surface area contributed by atoms with E-state index in [4.69, 9.17) is 9.15 Å². The molecule has 29 heavy (non-hydrogen) atoms. The molecule has 0 aliphatic carbocycles. The molecule has 0 spiro atoms. The fourth-order valence-corrected chi connectivity index (χ4v) is 2.73. The predicted molar refractivity (Wildman–Crippen MR) is 126 cm³/mol. The van der Waals surface area contributed by atoms with Crippen LogP contribution in [0, 0.1) is 20.8 Å². The third-order valence-corrected chi connectivity index (χ3v) is 4.34. The average molecular weight is 506 g/mol. The molecule has 2 aromatic carbocycles. The average Bonchev–Trinajstić information content (AvgIpc) is 3.01. The summed E-state index contributed by atoms with van der Waals surface area (Å²) in [7, 11) is 1.73. The number of hydrogen-bond acceptors (Lipinski definition) is 4. The number of nitrogens with zero attached hydrogens (tertiary/aromatic N) is 2. The SMILES string of the molecule is CN=C(NCc1nc(C)c(C)o1)NCc1ccccc1Oc1cccc(C)c1.I. The molecule has 0 saturated heterocycles. The highest BCUT2D eigenvalue weighted by Gasteiger charge is 2.08. The number of benzene rings is 2. The van der Waals surface area contributed by atoms with E-state index in [1.54, 1.807) is 7.05 Å². The Bertz CT molecular complexity index is 949. The summed E-state index contributed by atoms with van der Waals surface area (Å²) in [5.74, 6) is 3.78. The van der Waals surface area contributed by atoms with Crippen LogP contribution in [0.15, 0.2) is 57.9 Å². The van der Waals surface area contributed by atoms with Gasteiger partial charge in [-0.25, -0.2) is 4.98 Å². The molecule has 0 saturated carbocycles. The second-order valence-electron chi connectivity index (χ2n) is 6.55. The summed E-state index contributed by atoms with van der Waals surface area (Å²) in [6, 6.07) is 16.0. The summed E-state index contributed by atoms with van der Waals surface area (Å²) in [6.07, 6.45) is 0. The Balaban J connectivity index is 0.00000300. The van der Waals surface area contributed by atoms with Crippen molar-refractivity contribution in [3.05, 3.63) is 77.0 Å². The molecular weight excluding hydrogens is 479 g/mol. The van der Waals surface area contributed by atoms with Gasteiger partial charge in [-0.2, -0.15) is 0 Å². The van der Waals surface area contributed by atoms with Crippen LogP contribution in [0.2, 0.25) is 0 Å². The topological polar surface area (TPSA) is 71.7 Å². The van der Waals surface area contributed by atoms with E-state index in [0.29, 0.717) is 24.9 Å². The molecule has 0 atom stereocenters. The highest BCUT2D eigenvalue weighted by Crippen LogP contribution is 2.25. The molecule has 0 fully saturated rings. The fraction of sp³-hybridized carbons (Fsp3) is 0.273. The van der Waals surface area contributed by atoms with Gasteiger partial charge >= 0.3 is 0 Å². The molecule has 0 amide bonds. The first-order valence-electron chi connectivity index (χ1n) is 9.25. The smallest absolute Gasteiger partial charge is 0.214 e. The Hall–Kier alpha value is -2.55. The normalized spacial score (nSPS) is 11.0. The van der Waals surface area contributed by atoms with Gasteiger partial charge in [0.25, 0.3) is 0 Å². The number of ether oxygens (including phenoxy) is 1. The van der Waals surface area contributed by atoms with Gasteiger partial charge in [0, 0.05) is 19.2 Å². The summed E-state index contributed by atoms with van der Waals surface area (Å²) in [6.45, 7) is 6.93. The largest absolute Gasteiger partial charge is 0.457 e. The molecule has 7 heteroatoms. The van der Waals surface area contributed by atoms with E-state index in [9.17, 15) is 0 Å². The zero-order valence-electron chi connectivity index (χ0n) is 17.2. The highest BCUT2D eigenvalue weighted by atomic mass is 127. The standard InChI is InChI=1S/C22H26N4O2.HI/c1-15-8-7-10-19(12-15)28-20-11-6-5-9-18(20)13-24-22(23-4)25-14-21-26-16(2)17(3)27-21;/h5-12H,13-14H2,1-4H3,(H2,23,24,25);1H. The minimum Gasteiger partial charge on any atom is -0.457 e. The van der Waals surface area contributed by atoms with E-state index in [-0.39, 0.29) is 24.0 Å². The quantitative estimate of drug-likeness (QED) is 0.284. The van der Waals surface area contributed by atoms with E-state index in [2.05, 4.69) is 20.6 Å². The third-order valence-electron chi connectivity index (χ3n) is 4.34. The van der Waals surface area contributed by atoms with E-state index in [0.717, 1.165) is 34.1 Å². The minimum atomic E-state index is 0. The van der Waals surface area contributed by atoms with Crippen molar-refractivity contribution in [1.82, 2.24) is 15.6 Å². The lowest BCUT2D eigenvalue weighted by atomic mass is 10.2. The lowest BCUT2D eigenvalue weighted by Gasteiger charge is -2.14. The van der Waals surface area contributed by atoms with Crippen LogP contribution in [0.25, 0.3) is 0 Å². The Kier molecular flexibility index (Phi) is 8.50. The van der Waals surface area contributed by atoms with Crippen molar-refractivity contribution in [3.63, 3.8) is 0 Å². The molecule has 0 aliphatic rings. The molecule has 1 heterocycles. The number of aryl methyl sites for hydroxylation is 3. The summed E-state index contributed by atoms with van der Waals surface area (Å²) in [5, 5.41) is 6.52. The maximum Gasteiger partial charge on any atom is 0.214 e. The van der Waals surface area contributed by atoms with Gasteiger partial charge in [0.2, 0.25) is 5.89 Å². The van der Waals surface area contributed by atoms with Crippen molar-refractivity contribution in [1.29, 1.82) is 0 Å². The van der Waals surface area contributed by atoms with Gasteiger partial charge in [-0.15, -0.1) is 24.0 Å². The molecule has 3 rings (SSSR count). The Morgan fingerprint density at radius 3 is 2.48 bits per heavy atom. The van der Waals surface area contributed by atoms with Gasteiger partial charge in [-0.05, 0) is 44.5 Å². The number of aliphatic imine (C=N–C) groups is 1. The molecule has 154 valence electrons. The molecule has 0 bridgehead atoms. The lowest BCUT2D eigenvalue weighted by molar-refractivity contribution is 0.463. The van der Waals surface area contributed by atoms with Crippen molar-refractivity contribution in [3.8, 4) is 11.5 Å². The lowest BCUT2D eigenvalue weighted by Crippen LogP contribution is -2.36. The summed E-state index contributed by atoms with van der Waals surface area (Å²) < 4.78 is 11.7. The van der Waals surface area contributed by atoms with Crippen LogP contribution in [0.4, 0.5) is 0 Å². The van der Waals surface area contributed by atoms with Crippen molar-refractivity contribution in [2.45, 2.75) is 33.9 Å². The maximum absolute atomic E-state index is 6.08. The maximum atomic E-state index is 6.08. The van der Waals surface area contributed by atoms with Crippen LogP contribution >= 0.6 is 24.0 Å². The Morgan fingerprint density at radius 1 is 1.03 bits per heavy atom. The molecule has 0 aliphatic heterocycles. The van der Waals surface area contributed by atoms with Crippen LogP contribution in [0.3, 0.4) is 0 Å².